The maximum absolute atomic E-state index is 5.12. The fourth-order valence-corrected chi connectivity index (χ4v) is 3.68. The van der Waals surface area contributed by atoms with Gasteiger partial charge in [0.15, 0.2) is 0 Å². The van der Waals surface area contributed by atoms with Crippen molar-refractivity contribution in [1.29, 1.82) is 0 Å². The summed E-state index contributed by atoms with van der Waals surface area (Å²) >= 11 is 0. The van der Waals surface area contributed by atoms with E-state index in [2.05, 4.69) is 61.8 Å². The van der Waals surface area contributed by atoms with Gasteiger partial charge in [0.25, 0.3) is 0 Å². The van der Waals surface area contributed by atoms with Crippen LogP contribution in [-0.4, -0.2) is 11.4 Å². The molecule has 0 bridgehead atoms. The van der Waals surface area contributed by atoms with E-state index in [9.17, 15) is 0 Å². The smallest absolute Gasteiger partial charge is 0.0646 e. The van der Waals surface area contributed by atoms with E-state index in [1.807, 2.05) is 38.1 Å². The number of nitrogens with zero attached hydrogens (tertiary/aromatic N) is 2. The summed E-state index contributed by atoms with van der Waals surface area (Å²) in [4.78, 5) is 10.2. The Balaban J connectivity index is 0.00000578. The molecule has 0 aliphatic rings. The van der Waals surface area contributed by atoms with Crippen LogP contribution in [0.15, 0.2) is 58.5 Å². The first-order valence-corrected chi connectivity index (χ1v) is 12.4. The Labute approximate surface area is 217 Å². The van der Waals surface area contributed by atoms with Crippen molar-refractivity contribution in [2.24, 2.45) is 9.98 Å². The molecule has 0 amide bonds. The van der Waals surface area contributed by atoms with Crippen LogP contribution in [0, 0.1) is 23.7 Å². The third-order valence-electron chi connectivity index (χ3n) is 5.38. The summed E-state index contributed by atoms with van der Waals surface area (Å²) in [6.45, 7) is 8.21. The second-order valence-electron chi connectivity index (χ2n) is 8.24. The van der Waals surface area contributed by atoms with Gasteiger partial charge in [0, 0.05) is 27.6 Å². The Bertz CT molecular complexity index is 1060. The summed E-state index contributed by atoms with van der Waals surface area (Å²) in [5.74, 6) is 12.3. The van der Waals surface area contributed by atoms with E-state index in [-0.39, 0.29) is 16.5 Å². The minimum atomic E-state index is 0. The Morgan fingerprint density at radius 2 is 1.12 bits per heavy atom. The van der Waals surface area contributed by atoms with Crippen molar-refractivity contribution in [2.75, 3.05) is 0 Å². The molecule has 0 aromatic heterocycles. The molecule has 0 N–H and O–H groups in total. The first-order chi connectivity index (χ1) is 16.2. The Morgan fingerprint density at radius 3 is 1.59 bits per heavy atom. The zero-order valence-electron chi connectivity index (χ0n) is 21.2. The van der Waals surface area contributed by atoms with Gasteiger partial charge >= 0.3 is 0 Å². The SMILES string of the molecule is CC#Cc1cccc(/N=C(CCCC)/C(CCCCCCC)=N/c2cccc(C#CC)c2)c1.[Ni]. The van der Waals surface area contributed by atoms with E-state index in [0.717, 1.165) is 66.0 Å². The number of aliphatic imine (C=N–C) groups is 2. The molecule has 2 nitrogen and oxygen atoms in total. The Hall–Kier alpha value is -2.61. The molecule has 2 rings (SSSR count). The predicted molar refractivity (Wildman–Crippen MR) is 145 cm³/mol. The number of unbranched alkanes of at least 4 members (excludes halogenated alkanes) is 5. The predicted octanol–water partition coefficient (Wildman–Crippen LogP) is 8.82. The summed E-state index contributed by atoms with van der Waals surface area (Å²) in [5, 5.41) is 0. The summed E-state index contributed by atoms with van der Waals surface area (Å²) in [6, 6.07) is 16.4. The van der Waals surface area contributed by atoms with Gasteiger partial charge in [-0.05, 0) is 75.9 Å². The second kappa shape index (κ2) is 17.8. The molecular weight excluding hydrogens is 459 g/mol. The third kappa shape index (κ3) is 11.0. The minimum absolute atomic E-state index is 0. The van der Waals surface area contributed by atoms with Crippen LogP contribution < -0.4 is 0 Å². The molecule has 182 valence electrons. The normalized spacial score (nSPS) is 11.1. The molecule has 0 saturated heterocycles. The molecule has 0 atom stereocenters. The molecule has 0 radical (unpaired) electrons. The Morgan fingerprint density at radius 1 is 0.647 bits per heavy atom. The van der Waals surface area contributed by atoms with E-state index < -0.39 is 0 Å². The zero-order chi connectivity index (χ0) is 23.7. The maximum Gasteiger partial charge on any atom is 0.0646 e. The van der Waals surface area contributed by atoms with Gasteiger partial charge in [-0.25, -0.2) is 0 Å². The van der Waals surface area contributed by atoms with Gasteiger partial charge in [0.1, 0.15) is 0 Å². The third-order valence-corrected chi connectivity index (χ3v) is 5.38. The molecular formula is C31H38N2Ni. The van der Waals surface area contributed by atoms with Gasteiger partial charge < -0.3 is 0 Å². The van der Waals surface area contributed by atoms with E-state index in [1.54, 1.807) is 0 Å². The molecule has 0 saturated carbocycles. The number of rotatable bonds is 12. The average Bonchev–Trinajstić information content (AvgIpc) is 2.82. The van der Waals surface area contributed by atoms with Crippen molar-refractivity contribution in [3.63, 3.8) is 0 Å². The van der Waals surface area contributed by atoms with Gasteiger partial charge in [0.05, 0.1) is 22.8 Å². The summed E-state index contributed by atoms with van der Waals surface area (Å²) < 4.78 is 0. The molecule has 0 unspecified atom stereocenters. The first-order valence-electron chi connectivity index (χ1n) is 12.4. The quantitative estimate of drug-likeness (QED) is 0.121. The molecule has 34 heavy (non-hydrogen) atoms. The molecule has 3 heteroatoms. The zero-order valence-corrected chi connectivity index (χ0v) is 22.2. The van der Waals surface area contributed by atoms with Crippen molar-refractivity contribution >= 4 is 22.8 Å². The number of hydrogen-bond donors (Lipinski definition) is 0. The fourth-order valence-electron chi connectivity index (χ4n) is 3.68. The largest absolute Gasteiger partial charge is 0.252 e. The maximum atomic E-state index is 5.12. The summed E-state index contributed by atoms with van der Waals surface area (Å²) in [5.41, 5.74) is 6.10. The Kier molecular flexibility index (Phi) is 15.4. The van der Waals surface area contributed by atoms with Crippen LogP contribution in [0.2, 0.25) is 0 Å². The van der Waals surface area contributed by atoms with Crippen LogP contribution in [0.25, 0.3) is 0 Å². The molecule has 0 fully saturated rings. The van der Waals surface area contributed by atoms with Crippen molar-refractivity contribution in [3.8, 4) is 23.7 Å². The van der Waals surface area contributed by atoms with Crippen LogP contribution in [0.5, 0.6) is 0 Å². The molecule has 0 aliphatic carbocycles. The molecule has 0 aliphatic heterocycles. The first kappa shape index (κ1) is 29.4. The van der Waals surface area contributed by atoms with E-state index in [1.165, 1.54) is 25.7 Å². The van der Waals surface area contributed by atoms with Crippen LogP contribution in [0.4, 0.5) is 11.4 Å². The summed E-state index contributed by atoms with van der Waals surface area (Å²) in [6.07, 6.45) is 10.3. The van der Waals surface area contributed by atoms with Gasteiger partial charge in [-0.3, -0.25) is 9.98 Å². The topological polar surface area (TPSA) is 24.7 Å². The summed E-state index contributed by atoms with van der Waals surface area (Å²) in [7, 11) is 0. The van der Waals surface area contributed by atoms with E-state index >= 15 is 0 Å². The van der Waals surface area contributed by atoms with Crippen molar-refractivity contribution in [1.82, 2.24) is 0 Å². The van der Waals surface area contributed by atoms with Gasteiger partial charge in [-0.1, -0.05) is 69.9 Å². The second-order valence-corrected chi connectivity index (χ2v) is 8.24. The number of hydrogen-bond acceptors (Lipinski definition) is 2. The number of benzene rings is 2. The van der Waals surface area contributed by atoms with Crippen LogP contribution >= 0.6 is 0 Å². The minimum Gasteiger partial charge on any atom is -0.252 e. The van der Waals surface area contributed by atoms with Crippen molar-refractivity contribution in [3.05, 3.63) is 59.7 Å². The molecule has 0 heterocycles. The van der Waals surface area contributed by atoms with Crippen LogP contribution in [0.1, 0.15) is 96.6 Å². The fraction of sp³-hybridized carbons (Fsp3) is 0.419. The van der Waals surface area contributed by atoms with Crippen LogP contribution in [0.3, 0.4) is 0 Å². The molecule has 2 aromatic carbocycles. The monoisotopic (exact) mass is 496 g/mol. The standard InChI is InChI=1S/C31H38N2.Ni/c1-5-9-11-12-13-23-31(33-29-21-15-19-27(25-29)17-8-4)30(22-10-6-2)32-28-20-14-18-26(24-28)16-7-3;/h14-15,18-21,24-25H,5-6,9-13,22-23H2,1-4H3;/b32-30+,33-31+;. The van der Waals surface area contributed by atoms with Gasteiger partial charge in [0.2, 0.25) is 0 Å². The van der Waals surface area contributed by atoms with Gasteiger partial charge in [-0.15, -0.1) is 11.8 Å². The van der Waals surface area contributed by atoms with Crippen molar-refractivity contribution < 1.29 is 16.5 Å². The molecule has 2 aromatic rings. The molecule has 0 spiro atoms. The van der Waals surface area contributed by atoms with Crippen LogP contribution in [-0.2, 0) is 16.5 Å². The van der Waals surface area contributed by atoms with E-state index in [4.69, 9.17) is 9.98 Å². The van der Waals surface area contributed by atoms with E-state index in [0.29, 0.717) is 0 Å². The average molecular weight is 497 g/mol. The van der Waals surface area contributed by atoms with Crippen molar-refractivity contribution in [2.45, 2.75) is 85.5 Å². The van der Waals surface area contributed by atoms with Gasteiger partial charge in [-0.2, -0.15) is 0 Å².